The average Bonchev–Trinajstić information content (AvgIpc) is 2.48. The van der Waals surface area contributed by atoms with Gasteiger partial charge in [-0.05, 0) is 43.5 Å². The SMILES string of the molecule is CCCCCN(C)c1cc(CNCCC)cc(CCC)n1. The van der Waals surface area contributed by atoms with Crippen LogP contribution in [0.25, 0.3) is 0 Å². The van der Waals surface area contributed by atoms with Crippen molar-refractivity contribution < 1.29 is 0 Å². The van der Waals surface area contributed by atoms with Gasteiger partial charge in [-0.1, -0.05) is 40.0 Å². The Labute approximate surface area is 131 Å². The van der Waals surface area contributed by atoms with E-state index in [1.165, 1.54) is 36.9 Å². The zero-order valence-electron chi connectivity index (χ0n) is 14.4. The van der Waals surface area contributed by atoms with Crippen LogP contribution in [0.4, 0.5) is 5.82 Å². The van der Waals surface area contributed by atoms with E-state index in [9.17, 15) is 0 Å². The molecule has 21 heavy (non-hydrogen) atoms. The number of nitrogens with one attached hydrogen (secondary N) is 1. The van der Waals surface area contributed by atoms with Gasteiger partial charge in [0.05, 0.1) is 0 Å². The first kappa shape index (κ1) is 18.0. The van der Waals surface area contributed by atoms with Crippen molar-refractivity contribution in [1.82, 2.24) is 10.3 Å². The molecule has 0 spiro atoms. The van der Waals surface area contributed by atoms with E-state index in [1.807, 2.05) is 0 Å². The number of nitrogens with zero attached hydrogens (tertiary/aromatic N) is 2. The van der Waals surface area contributed by atoms with Gasteiger partial charge in [-0.15, -0.1) is 0 Å². The number of aryl methyl sites for hydroxylation is 1. The van der Waals surface area contributed by atoms with Crippen molar-refractivity contribution in [1.29, 1.82) is 0 Å². The lowest BCUT2D eigenvalue weighted by Crippen LogP contribution is -2.21. The van der Waals surface area contributed by atoms with Crippen molar-refractivity contribution in [2.75, 3.05) is 25.0 Å². The van der Waals surface area contributed by atoms with E-state index in [4.69, 9.17) is 4.98 Å². The standard InChI is InChI=1S/C18H33N3/c1-5-8-9-12-21(4)18-14-16(15-19-11-7-3)13-17(20-18)10-6-2/h13-14,19H,5-12,15H2,1-4H3. The molecule has 0 saturated carbocycles. The quantitative estimate of drug-likeness (QED) is 0.621. The van der Waals surface area contributed by atoms with Crippen molar-refractivity contribution in [3.63, 3.8) is 0 Å². The molecule has 0 aromatic carbocycles. The highest BCUT2D eigenvalue weighted by Gasteiger charge is 2.07. The Kier molecular flexibility index (Phi) is 9.07. The highest BCUT2D eigenvalue weighted by atomic mass is 15.2. The molecule has 1 rings (SSSR count). The van der Waals surface area contributed by atoms with Crippen LogP contribution in [0.15, 0.2) is 12.1 Å². The van der Waals surface area contributed by atoms with Crippen LogP contribution in [0.1, 0.15) is 64.1 Å². The molecular formula is C18H33N3. The lowest BCUT2D eigenvalue weighted by molar-refractivity contribution is 0.671. The van der Waals surface area contributed by atoms with Crippen LogP contribution in [-0.4, -0.2) is 25.1 Å². The summed E-state index contributed by atoms with van der Waals surface area (Å²) >= 11 is 0. The van der Waals surface area contributed by atoms with Crippen LogP contribution < -0.4 is 10.2 Å². The van der Waals surface area contributed by atoms with Gasteiger partial charge in [0, 0.05) is 25.8 Å². The molecule has 0 unspecified atom stereocenters. The van der Waals surface area contributed by atoms with Crippen molar-refractivity contribution in [3.05, 3.63) is 23.4 Å². The molecule has 1 heterocycles. The fraction of sp³-hybridized carbons (Fsp3) is 0.722. The van der Waals surface area contributed by atoms with Gasteiger partial charge in [0.25, 0.3) is 0 Å². The van der Waals surface area contributed by atoms with Gasteiger partial charge in [0.1, 0.15) is 5.82 Å². The second kappa shape index (κ2) is 10.6. The predicted octanol–water partition coefficient (Wildman–Crippen LogP) is 4.16. The summed E-state index contributed by atoms with van der Waals surface area (Å²) in [5.74, 6) is 1.13. The number of unbranched alkanes of at least 4 members (excludes halogenated alkanes) is 2. The maximum Gasteiger partial charge on any atom is 0.128 e. The minimum Gasteiger partial charge on any atom is -0.360 e. The number of pyridine rings is 1. The lowest BCUT2D eigenvalue weighted by Gasteiger charge is -2.20. The molecule has 0 amide bonds. The Morgan fingerprint density at radius 3 is 2.52 bits per heavy atom. The van der Waals surface area contributed by atoms with E-state index in [2.05, 4.69) is 50.2 Å². The van der Waals surface area contributed by atoms with E-state index >= 15 is 0 Å². The Balaban J connectivity index is 2.75. The third-order valence-electron chi connectivity index (χ3n) is 3.67. The number of hydrogen-bond donors (Lipinski definition) is 1. The molecular weight excluding hydrogens is 258 g/mol. The van der Waals surface area contributed by atoms with E-state index in [0.29, 0.717) is 0 Å². The fourth-order valence-corrected chi connectivity index (χ4v) is 2.44. The monoisotopic (exact) mass is 291 g/mol. The van der Waals surface area contributed by atoms with Crippen LogP contribution in [0, 0.1) is 0 Å². The van der Waals surface area contributed by atoms with Gasteiger partial charge in [-0.3, -0.25) is 0 Å². The van der Waals surface area contributed by atoms with Gasteiger partial charge in [0.2, 0.25) is 0 Å². The second-order valence-corrected chi connectivity index (χ2v) is 5.88. The molecule has 0 aliphatic rings. The smallest absolute Gasteiger partial charge is 0.128 e. The largest absolute Gasteiger partial charge is 0.360 e. The molecule has 0 fully saturated rings. The van der Waals surface area contributed by atoms with Crippen molar-refractivity contribution in [2.24, 2.45) is 0 Å². The van der Waals surface area contributed by atoms with E-state index in [0.717, 1.165) is 38.3 Å². The molecule has 0 atom stereocenters. The fourth-order valence-electron chi connectivity index (χ4n) is 2.44. The van der Waals surface area contributed by atoms with E-state index in [-0.39, 0.29) is 0 Å². The summed E-state index contributed by atoms with van der Waals surface area (Å²) in [6.45, 7) is 9.79. The third kappa shape index (κ3) is 6.94. The minimum absolute atomic E-state index is 0.947. The molecule has 0 radical (unpaired) electrons. The summed E-state index contributed by atoms with van der Waals surface area (Å²) in [6, 6.07) is 4.50. The van der Waals surface area contributed by atoms with E-state index in [1.54, 1.807) is 0 Å². The molecule has 1 aromatic rings. The van der Waals surface area contributed by atoms with Crippen LogP contribution in [-0.2, 0) is 13.0 Å². The summed E-state index contributed by atoms with van der Waals surface area (Å²) in [7, 11) is 2.16. The lowest BCUT2D eigenvalue weighted by atomic mass is 10.1. The summed E-state index contributed by atoms with van der Waals surface area (Å²) in [5, 5.41) is 3.49. The minimum atomic E-state index is 0.947. The topological polar surface area (TPSA) is 28.2 Å². The molecule has 3 heteroatoms. The molecule has 0 aliphatic heterocycles. The normalized spacial score (nSPS) is 10.9. The Morgan fingerprint density at radius 2 is 1.86 bits per heavy atom. The zero-order valence-corrected chi connectivity index (χ0v) is 14.4. The van der Waals surface area contributed by atoms with Gasteiger partial charge in [-0.2, -0.15) is 0 Å². The molecule has 0 saturated heterocycles. The number of rotatable bonds is 11. The van der Waals surface area contributed by atoms with Crippen LogP contribution in [0.5, 0.6) is 0 Å². The Bertz CT molecular complexity index is 390. The molecule has 1 N–H and O–H groups in total. The van der Waals surface area contributed by atoms with Gasteiger partial charge in [-0.25, -0.2) is 4.98 Å². The molecule has 0 bridgehead atoms. The molecule has 1 aromatic heterocycles. The van der Waals surface area contributed by atoms with Crippen molar-refractivity contribution in [3.8, 4) is 0 Å². The maximum atomic E-state index is 4.83. The summed E-state index contributed by atoms with van der Waals surface area (Å²) in [4.78, 5) is 7.13. The number of anilines is 1. The molecule has 120 valence electrons. The molecule has 0 aliphatic carbocycles. The molecule has 3 nitrogen and oxygen atoms in total. The predicted molar refractivity (Wildman–Crippen MR) is 93.0 cm³/mol. The van der Waals surface area contributed by atoms with Gasteiger partial charge < -0.3 is 10.2 Å². The Hall–Kier alpha value is -1.09. The average molecular weight is 291 g/mol. The van der Waals surface area contributed by atoms with E-state index < -0.39 is 0 Å². The van der Waals surface area contributed by atoms with Crippen molar-refractivity contribution in [2.45, 2.75) is 65.8 Å². The van der Waals surface area contributed by atoms with Crippen molar-refractivity contribution >= 4 is 5.82 Å². The van der Waals surface area contributed by atoms with Crippen LogP contribution in [0.2, 0.25) is 0 Å². The summed E-state index contributed by atoms with van der Waals surface area (Å²) < 4.78 is 0. The van der Waals surface area contributed by atoms with Gasteiger partial charge in [0.15, 0.2) is 0 Å². The number of aromatic nitrogens is 1. The number of hydrogen-bond acceptors (Lipinski definition) is 3. The Morgan fingerprint density at radius 1 is 1.05 bits per heavy atom. The maximum absolute atomic E-state index is 4.83. The highest BCUT2D eigenvalue weighted by molar-refractivity contribution is 5.42. The summed E-state index contributed by atoms with van der Waals surface area (Å²) in [5.41, 5.74) is 2.59. The first-order valence-corrected chi connectivity index (χ1v) is 8.62. The first-order valence-electron chi connectivity index (χ1n) is 8.62. The third-order valence-corrected chi connectivity index (χ3v) is 3.67. The summed E-state index contributed by atoms with van der Waals surface area (Å²) in [6.07, 6.45) is 7.20. The first-order chi connectivity index (χ1) is 10.2. The second-order valence-electron chi connectivity index (χ2n) is 5.88. The van der Waals surface area contributed by atoms with Crippen LogP contribution >= 0.6 is 0 Å². The highest BCUT2D eigenvalue weighted by Crippen LogP contribution is 2.16. The zero-order chi connectivity index (χ0) is 15.5. The van der Waals surface area contributed by atoms with Gasteiger partial charge >= 0.3 is 0 Å². The van der Waals surface area contributed by atoms with Crippen LogP contribution in [0.3, 0.4) is 0 Å².